The first-order chi connectivity index (χ1) is 9.13. The summed E-state index contributed by atoms with van der Waals surface area (Å²) < 4.78 is 6.80. The van der Waals surface area contributed by atoms with E-state index < -0.39 is 4.92 Å². The van der Waals surface area contributed by atoms with Crippen molar-refractivity contribution in [1.82, 2.24) is 14.5 Å². The van der Waals surface area contributed by atoms with Crippen LogP contribution in [0, 0.1) is 17.0 Å². The van der Waals surface area contributed by atoms with E-state index in [0.29, 0.717) is 25.6 Å². The lowest BCUT2D eigenvalue weighted by Crippen LogP contribution is -2.47. The highest BCUT2D eigenvalue weighted by atomic mass is 35.5. The predicted octanol–water partition coefficient (Wildman–Crippen LogP) is 0.636. The average Bonchev–Trinajstić information content (AvgIpc) is 2.78. The molecule has 2 heterocycles. The summed E-state index contributed by atoms with van der Waals surface area (Å²) in [6.07, 6.45) is 1.25. The van der Waals surface area contributed by atoms with Gasteiger partial charge in [0.1, 0.15) is 12.7 Å². The second-order valence-electron chi connectivity index (χ2n) is 4.52. The minimum Gasteiger partial charge on any atom is -0.395 e. The van der Waals surface area contributed by atoms with Crippen LogP contribution in [0.3, 0.4) is 0 Å². The maximum Gasteiger partial charge on any atom is 0.342 e. The Balaban J connectivity index is 0.00000200. The molecule has 1 unspecified atom stereocenters. The Bertz CT molecular complexity index is 451. The van der Waals surface area contributed by atoms with Gasteiger partial charge in [-0.2, -0.15) is 0 Å². The molecule has 8 nitrogen and oxygen atoms in total. The van der Waals surface area contributed by atoms with Crippen molar-refractivity contribution in [2.45, 2.75) is 19.5 Å². The second kappa shape index (κ2) is 9.16. The van der Waals surface area contributed by atoms with Crippen molar-refractivity contribution in [3.05, 3.63) is 22.1 Å². The summed E-state index contributed by atoms with van der Waals surface area (Å²) in [5, 5.41) is 20.4. The van der Waals surface area contributed by atoms with Crippen LogP contribution in [0.5, 0.6) is 0 Å². The monoisotopic (exact) mass is 342 g/mol. The van der Waals surface area contributed by atoms with Crippen LogP contribution in [0.4, 0.5) is 5.82 Å². The number of aryl methyl sites for hydroxylation is 1. The molecule has 0 aromatic carbocycles. The molecular formula is C11H20Cl2N4O4. The average molecular weight is 343 g/mol. The number of hydrogen-bond acceptors (Lipinski definition) is 6. The fourth-order valence-electron chi connectivity index (χ4n) is 2.27. The normalized spacial score (nSPS) is 16.7. The maximum atomic E-state index is 10.9. The minimum absolute atomic E-state index is 0. The Morgan fingerprint density at radius 2 is 2.10 bits per heavy atom. The molecule has 2 rings (SSSR count). The molecule has 0 saturated carbocycles. The first kappa shape index (κ1) is 20.1. The molecule has 0 spiro atoms. The van der Waals surface area contributed by atoms with E-state index in [-0.39, 0.29) is 43.3 Å². The molecular weight excluding hydrogens is 323 g/mol. The van der Waals surface area contributed by atoms with E-state index in [1.54, 1.807) is 6.92 Å². The SMILES string of the molecule is Cc1ncc([N+](=O)[O-])n1CC(CO)N1CCOCC1.Cl.Cl. The Morgan fingerprint density at radius 3 is 2.62 bits per heavy atom. The molecule has 1 saturated heterocycles. The van der Waals surface area contributed by atoms with Gasteiger partial charge in [0.2, 0.25) is 0 Å². The molecule has 0 aliphatic carbocycles. The number of aromatic nitrogens is 2. The fourth-order valence-corrected chi connectivity index (χ4v) is 2.27. The van der Waals surface area contributed by atoms with Crippen LogP contribution in [0.15, 0.2) is 6.20 Å². The van der Waals surface area contributed by atoms with Gasteiger partial charge in [-0.1, -0.05) is 0 Å². The number of nitro groups is 1. The lowest BCUT2D eigenvalue weighted by molar-refractivity contribution is -0.392. The Labute approximate surface area is 135 Å². The summed E-state index contributed by atoms with van der Waals surface area (Å²) >= 11 is 0. The van der Waals surface area contributed by atoms with E-state index in [0.717, 1.165) is 13.1 Å². The lowest BCUT2D eigenvalue weighted by Gasteiger charge is -2.32. The smallest absolute Gasteiger partial charge is 0.342 e. The van der Waals surface area contributed by atoms with Crippen LogP contribution in [-0.4, -0.2) is 63.4 Å². The highest BCUT2D eigenvalue weighted by Gasteiger charge is 2.26. The van der Waals surface area contributed by atoms with E-state index >= 15 is 0 Å². The van der Waals surface area contributed by atoms with Gasteiger partial charge in [-0.3, -0.25) is 4.90 Å². The zero-order valence-corrected chi connectivity index (χ0v) is 13.3. The number of aliphatic hydroxyl groups is 1. The fraction of sp³-hybridized carbons (Fsp3) is 0.727. The summed E-state index contributed by atoms with van der Waals surface area (Å²) in [5.74, 6) is 0.544. The lowest BCUT2D eigenvalue weighted by atomic mass is 10.2. The van der Waals surface area contributed by atoms with Gasteiger partial charge in [0.05, 0.1) is 25.9 Å². The molecule has 0 amide bonds. The van der Waals surface area contributed by atoms with Crippen molar-refractivity contribution in [2.24, 2.45) is 0 Å². The Kier molecular flexibility index (Phi) is 8.76. The molecule has 0 bridgehead atoms. The number of hydrogen-bond donors (Lipinski definition) is 1. The molecule has 1 fully saturated rings. The van der Waals surface area contributed by atoms with Gasteiger partial charge in [0.25, 0.3) is 0 Å². The third kappa shape index (κ3) is 4.79. The largest absolute Gasteiger partial charge is 0.395 e. The summed E-state index contributed by atoms with van der Waals surface area (Å²) in [4.78, 5) is 16.5. The van der Waals surface area contributed by atoms with E-state index in [2.05, 4.69) is 9.88 Å². The summed E-state index contributed by atoms with van der Waals surface area (Å²) in [6, 6.07) is -0.157. The first-order valence-corrected chi connectivity index (χ1v) is 6.22. The topological polar surface area (TPSA) is 93.7 Å². The number of halogens is 2. The van der Waals surface area contributed by atoms with Crippen molar-refractivity contribution < 1.29 is 14.8 Å². The molecule has 1 aromatic rings. The van der Waals surface area contributed by atoms with Gasteiger partial charge < -0.3 is 20.0 Å². The molecule has 0 radical (unpaired) electrons. The van der Waals surface area contributed by atoms with Gasteiger partial charge in [-0.15, -0.1) is 24.8 Å². The third-order valence-electron chi connectivity index (χ3n) is 3.39. The molecule has 122 valence electrons. The van der Waals surface area contributed by atoms with Crippen molar-refractivity contribution >= 4 is 30.6 Å². The second-order valence-corrected chi connectivity index (χ2v) is 4.52. The maximum absolute atomic E-state index is 10.9. The molecule has 1 aliphatic heterocycles. The number of ether oxygens (including phenoxy) is 1. The summed E-state index contributed by atoms with van der Waals surface area (Å²) in [6.45, 7) is 4.75. The molecule has 1 aromatic heterocycles. The zero-order valence-electron chi connectivity index (χ0n) is 11.7. The molecule has 1 aliphatic rings. The highest BCUT2D eigenvalue weighted by Crippen LogP contribution is 2.16. The Hall–Kier alpha value is -0.930. The summed E-state index contributed by atoms with van der Waals surface area (Å²) in [7, 11) is 0. The first-order valence-electron chi connectivity index (χ1n) is 6.22. The number of nitrogens with zero attached hydrogens (tertiary/aromatic N) is 4. The van der Waals surface area contributed by atoms with Crippen LogP contribution in [0.25, 0.3) is 0 Å². The molecule has 1 N–H and O–H groups in total. The minimum atomic E-state index is -0.451. The molecule has 10 heteroatoms. The molecule has 21 heavy (non-hydrogen) atoms. The van der Waals surface area contributed by atoms with Gasteiger partial charge in [-0.05, 0) is 4.92 Å². The van der Waals surface area contributed by atoms with Gasteiger partial charge in [-0.25, -0.2) is 9.55 Å². The van der Waals surface area contributed by atoms with Crippen LogP contribution in [0.2, 0.25) is 0 Å². The number of morpholine rings is 1. The predicted molar refractivity (Wildman–Crippen MR) is 81.4 cm³/mol. The standard InChI is InChI=1S/C11H18N4O4.2ClH/c1-9-12-6-11(15(17)18)14(9)7-10(8-16)13-2-4-19-5-3-13;;/h6,10,16H,2-5,7-8H2,1H3;2*1H. The van der Waals surface area contributed by atoms with Crippen LogP contribution in [0.1, 0.15) is 5.82 Å². The number of aliphatic hydroxyl groups excluding tert-OH is 1. The van der Waals surface area contributed by atoms with E-state index in [1.807, 2.05) is 0 Å². The van der Waals surface area contributed by atoms with E-state index in [9.17, 15) is 15.2 Å². The zero-order chi connectivity index (χ0) is 13.8. The van der Waals surface area contributed by atoms with E-state index in [4.69, 9.17) is 4.74 Å². The quantitative estimate of drug-likeness (QED) is 0.623. The molecule has 1 atom stereocenters. The van der Waals surface area contributed by atoms with Crippen molar-refractivity contribution in [1.29, 1.82) is 0 Å². The summed E-state index contributed by atoms with van der Waals surface area (Å²) in [5.41, 5.74) is 0. The van der Waals surface area contributed by atoms with Gasteiger partial charge in [0.15, 0.2) is 5.82 Å². The van der Waals surface area contributed by atoms with Gasteiger partial charge in [0, 0.05) is 20.0 Å². The van der Waals surface area contributed by atoms with E-state index in [1.165, 1.54) is 10.8 Å². The van der Waals surface area contributed by atoms with Crippen molar-refractivity contribution in [2.75, 3.05) is 32.9 Å². The highest BCUT2D eigenvalue weighted by molar-refractivity contribution is 5.85. The van der Waals surface area contributed by atoms with Crippen LogP contribution < -0.4 is 0 Å². The van der Waals surface area contributed by atoms with Crippen LogP contribution in [-0.2, 0) is 11.3 Å². The van der Waals surface area contributed by atoms with Crippen molar-refractivity contribution in [3.63, 3.8) is 0 Å². The number of imidazole rings is 1. The number of rotatable bonds is 5. The Morgan fingerprint density at radius 1 is 1.48 bits per heavy atom. The van der Waals surface area contributed by atoms with Crippen molar-refractivity contribution in [3.8, 4) is 0 Å². The third-order valence-corrected chi connectivity index (χ3v) is 3.39. The van der Waals surface area contributed by atoms with Gasteiger partial charge >= 0.3 is 5.82 Å². The van der Waals surface area contributed by atoms with Crippen LogP contribution >= 0.6 is 24.8 Å².